The molecule has 2 nitrogen and oxygen atoms in total. The molecule has 1 aromatic rings. The Kier molecular flexibility index (Phi) is 7.35. The van der Waals surface area contributed by atoms with E-state index in [9.17, 15) is 0 Å². The van der Waals surface area contributed by atoms with Gasteiger partial charge in [0.15, 0.2) is 0 Å². The molecule has 0 aromatic heterocycles. The second-order valence-corrected chi connectivity index (χ2v) is 6.25. The molecule has 17 heavy (non-hydrogen) atoms. The summed E-state index contributed by atoms with van der Waals surface area (Å²) in [5.74, 6) is 0. The molecule has 4 heteroatoms. The zero-order valence-electron chi connectivity index (χ0n) is 10.4. The third-order valence-electron chi connectivity index (χ3n) is 2.33. The third kappa shape index (κ3) is 7.19. The van der Waals surface area contributed by atoms with Crippen LogP contribution in [0.5, 0.6) is 0 Å². The van der Waals surface area contributed by atoms with Gasteiger partial charge in [-0.1, -0.05) is 45.7 Å². The van der Waals surface area contributed by atoms with E-state index in [1.54, 1.807) is 0 Å². The quantitative estimate of drug-likeness (QED) is 0.722. The fourth-order valence-electron chi connectivity index (χ4n) is 1.55. The van der Waals surface area contributed by atoms with Gasteiger partial charge in [0, 0.05) is 21.5 Å². The largest absolute Gasteiger partial charge is 0.314 e. The summed E-state index contributed by atoms with van der Waals surface area (Å²) in [6, 6.07) is 6.92. The Morgan fingerprint density at radius 1 is 1.06 bits per heavy atom. The van der Waals surface area contributed by atoms with Crippen LogP contribution in [0.3, 0.4) is 0 Å². The van der Waals surface area contributed by atoms with Crippen molar-refractivity contribution in [3.8, 4) is 0 Å². The monoisotopic (exact) mass is 362 g/mol. The molecule has 1 rings (SSSR count). The van der Waals surface area contributed by atoms with Crippen LogP contribution >= 0.6 is 31.9 Å². The summed E-state index contributed by atoms with van der Waals surface area (Å²) in [7, 11) is 0. The first-order chi connectivity index (χ1) is 8.08. The molecule has 96 valence electrons. The van der Waals surface area contributed by atoms with Gasteiger partial charge in [-0.3, -0.25) is 0 Å². The van der Waals surface area contributed by atoms with Gasteiger partial charge in [0.05, 0.1) is 0 Å². The minimum absolute atomic E-state index is 0.580. The van der Waals surface area contributed by atoms with E-state index in [2.05, 4.69) is 74.5 Å². The van der Waals surface area contributed by atoms with Crippen molar-refractivity contribution < 1.29 is 0 Å². The van der Waals surface area contributed by atoms with Crippen molar-refractivity contribution in [3.63, 3.8) is 0 Å². The van der Waals surface area contributed by atoms with E-state index in [1.807, 2.05) is 0 Å². The minimum Gasteiger partial charge on any atom is -0.314 e. The van der Waals surface area contributed by atoms with Crippen molar-refractivity contribution in [1.82, 2.24) is 10.6 Å². The van der Waals surface area contributed by atoms with Crippen LogP contribution < -0.4 is 10.6 Å². The number of halogens is 2. The van der Waals surface area contributed by atoms with Crippen molar-refractivity contribution in [1.29, 1.82) is 0 Å². The Bertz CT molecular complexity index is 320. The van der Waals surface area contributed by atoms with Crippen LogP contribution in [0.15, 0.2) is 27.1 Å². The molecule has 0 heterocycles. The van der Waals surface area contributed by atoms with E-state index in [4.69, 9.17) is 0 Å². The van der Waals surface area contributed by atoms with E-state index in [0.717, 1.165) is 35.0 Å². The lowest BCUT2D eigenvalue weighted by Crippen LogP contribution is -2.26. The van der Waals surface area contributed by atoms with Gasteiger partial charge in [0.1, 0.15) is 0 Å². The van der Waals surface area contributed by atoms with Gasteiger partial charge in [0.25, 0.3) is 0 Å². The Morgan fingerprint density at radius 3 is 2.29 bits per heavy atom. The minimum atomic E-state index is 0.580. The standard InChI is InChI=1S/C13H20Br2N2/c1-10(2)17-5-3-4-16-9-11-6-12(14)8-13(15)7-11/h6-8,10,16-17H,3-5,9H2,1-2H3. The van der Waals surface area contributed by atoms with Gasteiger partial charge in [0.2, 0.25) is 0 Å². The number of rotatable bonds is 7. The Morgan fingerprint density at radius 2 is 1.71 bits per heavy atom. The van der Waals surface area contributed by atoms with Crippen LogP contribution in [0.25, 0.3) is 0 Å². The van der Waals surface area contributed by atoms with E-state index in [-0.39, 0.29) is 0 Å². The van der Waals surface area contributed by atoms with E-state index < -0.39 is 0 Å². The summed E-state index contributed by atoms with van der Waals surface area (Å²) in [5.41, 5.74) is 1.29. The predicted octanol–water partition coefficient (Wildman–Crippen LogP) is 3.69. The molecule has 0 aliphatic carbocycles. The molecule has 0 saturated carbocycles. The van der Waals surface area contributed by atoms with E-state index >= 15 is 0 Å². The first-order valence-corrected chi connectivity index (χ1v) is 7.55. The second-order valence-electron chi connectivity index (χ2n) is 4.42. The van der Waals surface area contributed by atoms with E-state index in [0.29, 0.717) is 6.04 Å². The molecule has 0 fully saturated rings. The maximum atomic E-state index is 3.49. The highest BCUT2D eigenvalue weighted by Crippen LogP contribution is 2.19. The Labute approximate surface area is 121 Å². The fourth-order valence-corrected chi connectivity index (χ4v) is 2.94. The predicted molar refractivity (Wildman–Crippen MR) is 81.3 cm³/mol. The molecule has 0 unspecified atom stereocenters. The fraction of sp³-hybridized carbons (Fsp3) is 0.538. The molecule has 0 spiro atoms. The molecule has 0 saturated heterocycles. The molecule has 0 amide bonds. The topological polar surface area (TPSA) is 24.1 Å². The molecule has 0 radical (unpaired) electrons. The zero-order chi connectivity index (χ0) is 12.7. The van der Waals surface area contributed by atoms with Crippen LogP contribution in [0, 0.1) is 0 Å². The van der Waals surface area contributed by atoms with Crippen molar-refractivity contribution >= 4 is 31.9 Å². The van der Waals surface area contributed by atoms with Crippen LogP contribution in [-0.4, -0.2) is 19.1 Å². The number of hydrogen-bond acceptors (Lipinski definition) is 2. The molecular formula is C13H20Br2N2. The maximum absolute atomic E-state index is 3.49. The van der Waals surface area contributed by atoms with Crippen LogP contribution in [-0.2, 0) is 6.54 Å². The Balaban J connectivity index is 2.18. The molecule has 0 atom stereocenters. The van der Waals surface area contributed by atoms with Crippen LogP contribution in [0.4, 0.5) is 0 Å². The van der Waals surface area contributed by atoms with Gasteiger partial charge in [-0.15, -0.1) is 0 Å². The van der Waals surface area contributed by atoms with Crippen molar-refractivity contribution in [2.24, 2.45) is 0 Å². The molecule has 2 N–H and O–H groups in total. The Hall–Kier alpha value is 0.1000. The molecule has 0 aliphatic heterocycles. The highest BCUT2D eigenvalue weighted by Gasteiger charge is 1.97. The summed E-state index contributed by atoms with van der Waals surface area (Å²) in [4.78, 5) is 0. The number of nitrogens with one attached hydrogen (secondary N) is 2. The van der Waals surface area contributed by atoms with Crippen LogP contribution in [0.2, 0.25) is 0 Å². The third-order valence-corrected chi connectivity index (χ3v) is 3.25. The highest BCUT2D eigenvalue weighted by molar-refractivity contribution is 9.11. The second kappa shape index (κ2) is 8.25. The lowest BCUT2D eigenvalue weighted by Gasteiger charge is -2.09. The summed E-state index contributed by atoms with van der Waals surface area (Å²) >= 11 is 6.99. The summed E-state index contributed by atoms with van der Waals surface area (Å²) in [5, 5.41) is 6.86. The number of benzene rings is 1. The van der Waals surface area contributed by atoms with Crippen molar-refractivity contribution in [2.75, 3.05) is 13.1 Å². The normalized spacial score (nSPS) is 11.1. The lowest BCUT2D eigenvalue weighted by atomic mass is 10.2. The molecule has 0 bridgehead atoms. The van der Waals surface area contributed by atoms with Gasteiger partial charge >= 0.3 is 0 Å². The summed E-state index contributed by atoms with van der Waals surface area (Å²) in [6.07, 6.45) is 1.16. The first kappa shape index (κ1) is 15.2. The van der Waals surface area contributed by atoms with Gasteiger partial charge in [-0.25, -0.2) is 0 Å². The van der Waals surface area contributed by atoms with Gasteiger partial charge < -0.3 is 10.6 Å². The average Bonchev–Trinajstić information content (AvgIpc) is 2.21. The van der Waals surface area contributed by atoms with Crippen molar-refractivity contribution in [2.45, 2.75) is 32.9 Å². The number of hydrogen-bond donors (Lipinski definition) is 2. The van der Waals surface area contributed by atoms with Gasteiger partial charge in [-0.2, -0.15) is 0 Å². The average molecular weight is 364 g/mol. The van der Waals surface area contributed by atoms with E-state index in [1.165, 1.54) is 5.56 Å². The SMILES string of the molecule is CC(C)NCCCNCc1cc(Br)cc(Br)c1. The lowest BCUT2D eigenvalue weighted by molar-refractivity contribution is 0.547. The molecular weight excluding hydrogens is 344 g/mol. The first-order valence-electron chi connectivity index (χ1n) is 5.97. The smallest absolute Gasteiger partial charge is 0.0206 e. The maximum Gasteiger partial charge on any atom is 0.0206 e. The van der Waals surface area contributed by atoms with Crippen molar-refractivity contribution in [3.05, 3.63) is 32.7 Å². The molecule has 0 aliphatic rings. The van der Waals surface area contributed by atoms with Gasteiger partial charge in [-0.05, 0) is 43.3 Å². The highest BCUT2D eigenvalue weighted by atomic mass is 79.9. The summed E-state index contributed by atoms with van der Waals surface area (Å²) < 4.78 is 2.23. The molecule has 1 aromatic carbocycles. The van der Waals surface area contributed by atoms with Crippen LogP contribution in [0.1, 0.15) is 25.8 Å². The summed E-state index contributed by atoms with van der Waals surface area (Å²) in [6.45, 7) is 7.38. The zero-order valence-corrected chi connectivity index (χ0v) is 13.6.